The fourth-order valence-electron chi connectivity index (χ4n) is 3.30. The van der Waals surface area contributed by atoms with Crippen LogP contribution in [0.4, 0.5) is 5.13 Å². The molecule has 27 heavy (non-hydrogen) atoms. The van der Waals surface area contributed by atoms with Crippen LogP contribution in [0.25, 0.3) is 10.2 Å². The monoisotopic (exact) mass is 420 g/mol. The van der Waals surface area contributed by atoms with E-state index in [0.717, 1.165) is 22.4 Å². The minimum absolute atomic E-state index is 0.144. The maximum absolute atomic E-state index is 12.7. The highest BCUT2D eigenvalue weighted by atomic mass is 32.2. The average Bonchev–Trinajstić information content (AvgIpc) is 3.16. The topological polar surface area (TPSA) is 76.1 Å². The Kier molecular flexibility index (Phi) is 5.05. The molecule has 3 aromatic rings. The van der Waals surface area contributed by atoms with Gasteiger partial charge in [0.05, 0.1) is 20.0 Å². The summed E-state index contributed by atoms with van der Waals surface area (Å²) in [5.41, 5.74) is 1.99. The van der Waals surface area contributed by atoms with Gasteiger partial charge in [-0.25, -0.2) is 13.4 Å². The third kappa shape index (κ3) is 4.07. The number of carbonyl (C=O) groups is 1. The molecule has 2 aromatic heterocycles. The van der Waals surface area contributed by atoms with Gasteiger partial charge in [-0.05, 0) is 55.5 Å². The van der Waals surface area contributed by atoms with Gasteiger partial charge in [0, 0.05) is 11.1 Å². The van der Waals surface area contributed by atoms with Crippen molar-refractivity contribution in [2.75, 3.05) is 11.6 Å². The number of hydrogen-bond donors (Lipinski definition) is 1. The number of aromatic nitrogens is 1. The summed E-state index contributed by atoms with van der Waals surface area (Å²) >= 11 is 2.87. The van der Waals surface area contributed by atoms with E-state index in [1.54, 1.807) is 29.5 Å². The number of nitrogens with one attached hydrogen (secondary N) is 1. The summed E-state index contributed by atoms with van der Waals surface area (Å²) in [6.45, 7) is 0. The Hall–Kier alpha value is -1.77. The highest BCUT2D eigenvalue weighted by molar-refractivity contribution is 7.90. The number of sulfone groups is 1. The molecular weight excluding hydrogens is 400 g/mol. The Labute approximate surface area is 166 Å². The molecule has 4 rings (SSSR count). The van der Waals surface area contributed by atoms with E-state index in [-0.39, 0.29) is 10.8 Å². The fraction of sp³-hybridized carbons (Fsp3) is 0.368. The maximum atomic E-state index is 12.7. The molecule has 0 atom stereocenters. The van der Waals surface area contributed by atoms with Crippen molar-refractivity contribution >= 4 is 53.8 Å². The van der Waals surface area contributed by atoms with Crippen molar-refractivity contribution in [3.63, 3.8) is 0 Å². The number of rotatable bonds is 3. The Bertz CT molecular complexity index is 1090. The van der Waals surface area contributed by atoms with Crippen LogP contribution in [0.15, 0.2) is 29.2 Å². The largest absolute Gasteiger partial charge is 0.297 e. The van der Waals surface area contributed by atoms with Crippen LogP contribution in [0.5, 0.6) is 0 Å². The predicted octanol–water partition coefficient (Wildman–Crippen LogP) is 4.67. The number of nitrogens with zero attached hydrogens (tertiary/aromatic N) is 1. The number of fused-ring (bicyclic) bond motifs is 2. The summed E-state index contributed by atoms with van der Waals surface area (Å²) in [5, 5.41) is 3.36. The summed E-state index contributed by atoms with van der Waals surface area (Å²) < 4.78 is 24.2. The molecule has 2 heterocycles. The standard InChI is InChI=1S/C19H20N2O3S3/c1-27(23,24)13-8-9-14-16(11-13)26-19(20-14)21-18(22)17-10-12-6-4-2-3-5-7-15(12)25-17/h8-11H,2-7H2,1H3,(H,20,21,22). The lowest BCUT2D eigenvalue weighted by atomic mass is 10.00. The quantitative estimate of drug-likeness (QED) is 0.668. The van der Waals surface area contributed by atoms with E-state index in [1.807, 2.05) is 6.07 Å². The minimum atomic E-state index is -3.27. The van der Waals surface area contributed by atoms with E-state index in [0.29, 0.717) is 10.6 Å². The molecule has 1 aliphatic carbocycles. The molecule has 1 N–H and O–H groups in total. The van der Waals surface area contributed by atoms with Crippen LogP contribution in [-0.2, 0) is 22.7 Å². The van der Waals surface area contributed by atoms with E-state index < -0.39 is 9.84 Å². The molecule has 0 saturated carbocycles. The smallest absolute Gasteiger partial charge is 0.267 e. The molecule has 0 spiro atoms. The molecule has 5 nitrogen and oxygen atoms in total. The van der Waals surface area contributed by atoms with Gasteiger partial charge in [0.15, 0.2) is 15.0 Å². The molecular formula is C19H20N2O3S3. The normalized spacial score (nSPS) is 15.1. The second-order valence-corrected chi connectivity index (χ2v) is 11.0. The van der Waals surface area contributed by atoms with Crippen LogP contribution in [0.2, 0.25) is 0 Å². The highest BCUT2D eigenvalue weighted by Gasteiger charge is 2.18. The molecule has 1 aromatic carbocycles. The van der Waals surface area contributed by atoms with Gasteiger partial charge in [-0.1, -0.05) is 24.2 Å². The lowest BCUT2D eigenvalue weighted by Crippen LogP contribution is -2.09. The molecule has 142 valence electrons. The third-order valence-corrected chi connectivity index (χ3v) is 8.01. The Morgan fingerprint density at radius 3 is 2.63 bits per heavy atom. The third-order valence-electron chi connectivity index (χ3n) is 4.73. The Morgan fingerprint density at radius 2 is 1.85 bits per heavy atom. The van der Waals surface area contributed by atoms with Gasteiger partial charge in [-0.2, -0.15) is 0 Å². The van der Waals surface area contributed by atoms with Gasteiger partial charge < -0.3 is 0 Å². The lowest BCUT2D eigenvalue weighted by Gasteiger charge is -2.07. The first-order valence-corrected chi connectivity index (χ1v) is 12.5. The van der Waals surface area contributed by atoms with Crippen LogP contribution in [0.1, 0.15) is 45.8 Å². The van der Waals surface area contributed by atoms with E-state index in [1.165, 1.54) is 53.7 Å². The van der Waals surface area contributed by atoms with Crippen molar-refractivity contribution in [3.8, 4) is 0 Å². The Balaban J connectivity index is 1.56. The lowest BCUT2D eigenvalue weighted by molar-refractivity contribution is 0.103. The second kappa shape index (κ2) is 7.33. The van der Waals surface area contributed by atoms with Gasteiger partial charge >= 0.3 is 0 Å². The molecule has 0 radical (unpaired) electrons. The zero-order chi connectivity index (χ0) is 19.0. The molecule has 1 aliphatic rings. The second-order valence-electron chi connectivity index (χ2n) is 6.85. The first kappa shape index (κ1) is 18.6. The SMILES string of the molecule is CS(=O)(=O)c1ccc2nc(NC(=O)c3cc4c(s3)CCCCCC4)sc2c1. The van der Waals surface area contributed by atoms with Crippen LogP contribution in [-0.4, -0.2) is 25.6 Å². The van der Waals surface area contributed by atoms with Crippen LogP contribution in [0.3, 0.4) is 0 Å². The first-order valence-electron chi connectivity index (χ1n) is 8.94. The van der Waals surface area contributed by atoms with Crippen molar-refractivity contribution in [1.29, 1.82) is 0 Å². The van der Waals surface area contributed by atoms with E-state index in [2.05, 4.69) is 10.3 Å². The van der Waals surface area contributed by atoms with Crippen molar-refractivity contribution in [1.82, 2.24) is 4.98 Å². The molecule has 0 unspecified atom stereocenters. The minimum Gasteiger partial charge on any atom is -0.297 e. The number of amides is 1. The molecule has 0 saturated heterocycles. The van der Waals surface area contributed by atoms with Crippen LogP contribution in [0, 0.1) is 0 Å². The number of thiophene rings is 1. The fourth-order valence-corrected chi connectivity index (χ4v) is 6.07. The molecule has 0 aliphatic heterocycles. The van der Waals surface area contributed by atoms with Gasteiger partial charge in [-0.15, -0.1) is 11.3 Å². The zero-order valence-electron chi connectivity index (χ0n) is 14.9. The van der Waals surface area contributed by atoms with Crippen LogP contribution < -0.4 is 5.32 Å². The first-order chi connectivity index (χ1) is 12.9. The molecule has 8 heteroatoms. The predicted molar refractivity (Wildman–Crippen MR) is 111 cm³/mol. The van der Waals surface area contributed by atoms with E-state index >= 15 is 0 Å². The number of aryl methyl sites for hydroxylation is 2. The van der Waals surface area contributed by atoms with Crippen LogP contribution >= 0.6 is 22.7 Å². The van der Waals surface area contributed by atoms with E-state index in [4.69, 9.17) is 0 Å². The van der Waals surface area contributed by atoms with Crippen molar-refractivity contribution < 1.29 is 13.2 Å². The summed E-state index contributed by atoms with van der Waals surface area (Å²) in [7, 11) is -3.27. The van der Waals surface area contributed by atoms with E-state index in [9.17, 15) is 13.2 Å². The van der Waals surface area contributed by atoms with Gasteiger partial charge in [0.1, 0.15) is 0 Å². The van der Waals surface area contributed by atoms with Crippen molar-refractivity contribution in [2.24, 2.45) is 0 Å². The number of carbonyl (C=O) groups excluding carboxylic acids is 1. The average molecular weight is 421 g/mol. The zero-order valence-corrected chi connectivity index (χ0v) is 17.4. The van der Waals surface area contributed by atoms with Crippen molar-refractivity contribution in [2.45, 2.75) is 43.4 Å². The molecule has 0 bridgehead atoms. The highest BCUT2D eigenvalue weighted by Crippen LogP contribution is 2.31. The van der Waals surface area contributed by atoms with Crippen molar-refractivity contribution in [3.05, 3.63) is 39.6 Å². The molecule has 0 fully saturated rings. The molecule has 1 amide bonds. The maximum Gasteiger partial charge on any atom is 0.267 e. The number of hydrogen-bond acceptors (Lipinski definition) is 6. The Morgan fingerprint density at radius 1 is 1.07 bits per heavy atom. The number of anilines is 1. The van der Waals surface area contributed by atoms with Gasteiger partial charge in [0.2, 0.25) is 0 Å². The number of thiazole rings is 1. The summed E-state index contributed by atoms with van der Waals surface area (Å²) in [6, 6.07) is 6.85. The van der Waals surface area contributed by atoms with Gasteiger partial charge in [-0.3, -0.25) is 10.1 Å². The van der Waals surface area contributed by atoms with Gasteiger partial charge in [0.25, 0.3) is 5.91 Å². The number of benzene rings is 1. The summed E-state index contributed by atoms with van der Waals surface area (Å²) in [5.74, 6) is -0.144. The summed E-state index contributed by atoms with van der Waals surface area (Å²) in [6.07, 6.45) is 8.19. The summed E-state index contributed by atoms with van der Waals surface area (Å²) in [4.78, 5) is 19.4.